The summed E-state index contributed by atoms with van der Waals surface area (Å²) in [7, 11) is 0. The number of carbonyl (C=O) groups excluding carboxylic acids is 1. The van der Waals surface area contributed by atoms with Crippen LogP contribution in [-0.2, 0) is 9.53 Å². The predicted octanol–water partition coefficient (Wildman–Crippen LogP) is 0.956. The van der Waals surface area contributed by atoms with Gasteiger partial charge in [-0.25, -0.2) is 0 Å². The van der Waals surface area contributed by atoms with Crippen molar-refractivity contribution in [3.8, 4) is 0 Å². The second-order valence-electron chi connectivity index (χ2n) is 3.65. The van der Waals surface area contributed by atoms with Crippen LogP contribution < -0.4 is 0 Å². The third-order valence-corrected chi connectivity index (χ3v) is 1.44. The number of ether oxygens (including phenoxy) is 1. The summed E-state index contributed by atoms with van der Waals surface area (Å²) >= 11 is 0. The van der Waals surface area contributed by atoms with Crippen molar-refractivity contribution in [2.75, 3.05) is 6.61 Å². The molecule has 0 aliphatic carbocycles. The minimum atomic E-state index is -0.403. The number of hydrogen-bond donors (Lipinski definition) is 1. The third-order valence-electron chi connectivity index (χ3n) is 1.44. The summed E-state index contributed by atoms with van der Waals surface area (Å²) in [6.07, 6.45) is -0.403. The lowest BCUT2D eigenvalue weighted by Crippen LogP contribution is -2.34. The molecule has 3 nitrogen and oxygen atoms in total. The molecular weight excluding hydrogens is 144 g/mol. The molecule has 0 heterocycles. The molecule has 0 aromatic carbocycles. The van der Waals surface area contributed by atoms with Gasteiger partial charge in [0.15, 0.2) is 0 Å². The average Bonchev–Trinajstić information content (AvgIpc) is 1.79. The molecule has 0 spiro atoms. The van der Waals surface area contributed by atoms with Crippen LogP contribution in [0.25, 0.3) is 0 Å². The minimum Gasteiger partial charge on any atom is -0.460 e. The van der Waals surface area contributed by atoms with Crippen LogP contribution in [0, 0.1) is 5.41 Å². The van der Waals surface area contributed by atoms with Crippen LogP contribution in [0.1, 0.15) is 27.7 Å². The van der Waals surface area contributed by atoms with E-state index in [2.05, 4.69) is 0 Å². The normalized spacial score (nSPS) is 14.3. The lowest BCUT2D eigenvalue weighted by molar-refractivity contribution is -0.154. The second kappa shape index (κ2) is 3.72. The van der Waals surface area contributed by atoms with Gasteiger partial charge in [0.05, 0.1) is 6.61 Å². The Morgan fingerprint density at radius 3 is 2.09 bits per heavy atom. The summed E-state index contributed by atoms with van der Waals surface area (Å²) in [6, 6.07) is 0. The molecule has 3 heteroatoms. The molecule has 0 bridgehead atoms. The van der Waals surface area contributed by atoms with Crippen LogP contribution in [0.4, 0.5) is 0 Å². The lowest BCUT2D eigenvalue weighted by atomic mass is 9.89. The summed E-state index contributed by atoms with van der Waals surface area (Å²) in [5.41, 5.74) is -0.194. The smallest absolute Gasteiger partial charge is 0.303 e. The first-order valence-corrected chi connectivity index (χ1v) is 3.66. The summed E-state index contributed by atoms with van der Waals surface area (Å²) in [6.45, 7) is 6.96. The van der Waals surface area contributed by atoms with Crippen molar-refractivity contribution < 1.29 is 14.6 Å². The van der Waals surface area contributed by atoms with Gasteiger partial charge in [0.25, 0.3) is 0 Å². The minimum absolute atomic E-state index is 0.122. The van der Waals surface area contributed by atoms with Gasteiger partial charge in [0.2, 0.25) is 0 Å². The molecular formula is C8H16O3. The maximum absolute atomic E-state index is 10.5. The molecule has 0 radical (unpaired) electrons. The molecule has 1 atom stereocenters. The fourth-order valence-corrected chi connectivity index (χ4v) is 0.688. The van der Waals surface area contributed by atoms with E-state index in [-0.39, 0.29) is 18.0 Å². The van der Waals surface area contributed by atoms with Gasteiger partial charge in [0.1, 0.15) is 6.10 Å². The van der Waals surface area contributed by atoms with Gasteiger partial charge in [-0.15, -0.1) is 0 Å². The van der Waals surface area contributed by atoms with Crippen molar-refractivity contribution in [2.45, 2.75) is 33.8 Å². The van der Waals surface area contributed by atoms with Gasteiger partial charge in [-0.3, -0.25) is 4.79 Å². The van der Waals surface area contributed by atoms with Crippen LogP contribution in [-0.4, -0.2) is 23.8 Å². The molecule has 0 amide bonds. The fraction of sp³-hybridized carbons (Fsp3) is 0.875. The van der Waals surface area contributed by atoms with Gasteiger partial charge in [-0.1, -0.05) is 20.8 Å². The summed E-state index contributed by atoms with van der Waals surface area (Å²) in [5.74, 6) is -0.348. The Morgan fingerprint density at radius 2 is 2.00 bits per heavy atom. The van der Waals surface area contributed by atoms with Crippen molar-refractivity contribution in [3.05, 3.63) is 0 Å². The molecule has 11 heavy (non-hydrogen) atoms. The Morgan fingerprint density at radius 1 is 1.55 bits per heavy atom. The van der Waals surface area contributed by atoms with Crippen molar-refractivity contribution in [1.82, 2.24) is 0 Å². The van der Waals surface area contributed by atoms with Crippen LogP contribution in [0.2, 0.25) is 0 Å². The zero-order valence-electron chi connectivity index (χ0n) is 7.55. The number of carbonyl (C=O) groups is 1. The van der Waals surface area contributed by atoms with Crippen molar-refractivity contribution >= 4 is 5.97 Å². The highest BCUT2D eigenvalue weighted by atomic mass is 16.6. The van der Waals surface area contributed by atoms with E-state index in [9.17, 15) is 4.79 Å². The zero-order chi connectivity index (χ0) is 9.07. The highest BCUT2D eigenvalue weighted by molar-refractivity contribution is 5.66. The molecule has 0 saturated heterocycles. The van der Waals surface area contributed by atoms with Crippen LogP contribution in [0.15, 0.2) is 0 Å². The number of hydrogen-bond acceptors (Lipinski definition) is 3. The van der Waals surface area contributed by atoms with Crippen molar-refractivity contribution in [3.63, 3.8) is 0 Å². The second-order valence-corrected chi connectivity index (χ2v) is 3.65. The lowest BCUT2D eigenvalue weighted by Gasteiger charge is -2.27. The van der Waals surface area contributed by atoms with E-state index in [1.807, 2.05) is 20.8 Å². The van der Waals surface area contributed by atoms with Crippen molar-refractivity contribution in [2.24, 2.45) is 5.41 Å². The SMILES string of the molecule is CC(=O)OC(CO)C(C)(C)C. The zero-order valence-corrected chi connectivity index (χ0v) is 7.55. The van der Waals surface area contributed by atoms with Gasteiger partial charge in [-0.05, 0) is 0 Å². The van der Waals surface area contributed by atoms with Gasteiger partial charge in [-0.2, -0.15) is 0 Å². The van der Waals surface area contributed by atoms with Gasteiger partial charge < -0.3 is 9.84 Å². The van der Waals surface area contributed by atoms with Crippen LogP contribution in [0.3, 0.4) is 0 Å². The number of aliphatic hydroxyl groups is 1. The Kier molecular flexibility index (Phi) is 3.52. The Balaban J connectivity index is 4.07. The number of rotatable bonds is 2. The predicted molar refractivity (Wildman–Crippen MR) is 42.1 cm³/mol. The maximum Gasteiger partial charge on any atom is 0.303 e. The number of esters is 1. The van der Waals surface area contributed by atoms with E-state index >= 15 is 0 Å². The Hall–Kier alpha value is -0.570. The highest BCUT2D eigenvalue weighted by Crippen LogP contribution is 2.21. The van der Waals surface area contributed by atoms with E-state index in [1.165, 1.54) is 6.92 Å². The average molecular weight is 160 g/mol. The topological polar surface area (TPSA) is 46.5 Å². The molecule has 0 fully saturated rings. The fourth-order valence-electron chi connectivity index (χ4n) is 0.688. The van der Waals surface area contributed by atoms with E-state index in [0.29, 0.717) is 0 Å². The van der Waals surface area contributed by atoms with E-state index < -0.39 is 6.10 Å². The standard InChI is InChI=1S/C8H16O3/c1-6(10)11-7(5-9)8(2,3)4/h7,9H,5H2,1-4H3. The highest BCUT2D eigenvalue weighted by Gasteiger charge is 2.26. The largest absolute Gasteiger partial charge is 0.460 e. The number of aliphatic hydroxyl groups excluding tert-OH is 1. The summed E-state index contributed by atoms with van der Waals surface area (Å²) < 4.78 is 4.88. The van der Waals surface area contributed by atoms with Crippen LogP contribution >= 0.6 is 0 Å². The van der Waals surface area contributed by atoms with Crippen molar-refractivity contribution in [1.29, 1.82) is 0 Å². The van der Waals surface area contributed by atoms with E-state index in [1.54, 1.807) is 0 Å². The molecule has 1 unspecified atom stereocenters. The molecule has 66 valence electrons. The summed E-state index contributed by atoms with van der Waals surface area (Å²) in [5, 5.41) is 8.83. The molecule has 1 N–H and O–H groups in total. The molecule has 0 saturated carbocycles. The van der Waals surface area contributed by atoms with Crippen LogP contribution in [0.5, 0.6) is 0 Å². The third kappa shape index (κ3) is 3.98. The first-order chi connectivity index (χ1) is 4.88. The van der Waals surface area contributed by atoms with E-state index in [0.717, 1.165) is 0 Å². The molecule has 0 aliphatic heterocycles. The monoisotopic (exact) mass is 160 g/mol. The summed E-state index contributed by atoms with van der Waals surface area (Å²) in [4.78, 5) is 10.5. The molecule has 0 rings (SSSR count). The first-order valence-electron chi connectivity index (χ1n) is 3.66. The molecule has 0 aromatic rings. The van der Waals surface area contributed by atoms with E-state index in [4.69, 9.17) is 9.84 Å². The van der Waals surface area contributed by atoms with Gasteiger partial charge in [0, 0.05) is 12.3 Å². The quantitative estimate of drug-likeness (QED) is 0.612. The molecule has 0 aromatic heterocycles. The first kappa shape index (κ1) is 10.4. The van der Waals surface area contributed by atoms with Gasteiger partial charge >= 0.3 is 5.97 Å². The molecule has 0 aliphatic rings. The maximum atomic E-state index is 10.5. The Bertz CT molecular complexity index is 135. The Labute approximate surface area is 67.4 Å².